The highest BCUT2D eigenvalue weighted by Crippen LogP contribution is 2.28. The average Bonchev–Trinajstić information content (AvgIpc) is 2.75. The molecule has 0 aliphatic heterocycles. The summed E-state index contributed by atoms with van der Waals surface area (Å²) >= 11 is 11.9. The maximum absolute atomic E-state index is 12.8. The summed E-state index contributed by atoms with van der Waals surface area (Å²) < 4.78 is 28.8. The lowest BCUT2D eigenvalue weighted by atomic mass is 10.2. The fourth-order valence-corrected chi connectivity index (χ4v) is 4.43. The first-order chi connectivity index (χ1) is 11.2. The topological polar surface area (TPSA) is 55.2 Å². The molecule has 0 atom stereocenters. The summed E-state index contributed by atoms with van der Waals surface area (Å²) in [6, 6.07) is 4.38. The lowest BCUT2D eigenvalue weighted by Gasteiger charge is -2.18. The molecule has 1 aromatic carbocycles. The summed E-state index contributed by atoms with van der Waals surface area (Å²) in [6.07, 6.45) is 0.968. The Balaban J connectivity index is 2.33. The molecule has 0 aliphatic rings. The van der Waals surface area contributed by atoms with Crippen LogP contribution in [-0.2, 0) is 23.1 Å². The highest BCUT2D eigenvalue weighted by molar-refractivity contribution is 7.89. The van der Waals surface area contributed by atoms with Gasteiger partial charge in [0, 0.05) is 36.4 Å². The van der Waals surface area contributed by atoms with Crippen molar-refractivity contribution in [3.63, 3.8) is 0 Å². The summed E-state index contributed by atoms with van der Waals surface area (Å²) in [7, 11) is -2.18. The van der Waals surface area contributed by atoms with Crippen molar-refractivity contribution in [1.82, 2.24) is 14.1 Å². The van der Waals surface area contributed by atoms with Gasteiger partial charge in [0.05, 0.1) is 10.7 Å². The Kier molecular flexibility index (Phi) is 5.96. The number of hydrogen-bond donors (Lipinski definition) is 0. The number of sulfonamides is 1. The first-order valence-corrected chi connectivity index (χ1v) is 9.82. The molecule has 0 unspecified atom stereocenters. The van der Waals surface area contributed by atoms with Crippen molar-refractivity contribution in [2.45, 2.75) is 45.2 Å². The molecule has 0 amide bonds. The van der Waals surface area contributed by atoms with Crippen molar-refractivity contribution < 1.29 is 8.42 Å². The van der Waals surface area contributed by atoms with E-state index < -0.39 is 10.0 Å². The Morgan fingerprint density at radius 3 is 2.50 bits per heavy atom. The number of rotatable bonds is 6. The minimum atomic E-state index is -3.72. The van der Waals surface area contributed by atoms with Crippen LogP contribution in [0.5, 0.6) is 0 Å². The Hall–Kier alpha value is -1.08. The van der Waals surface area contributed by atoms with Crippen molar-refractivity contribution in [3.05, 3.63) is 45.2 Å². The van der Waals surface area contributed by atoms with Crippen LogP contribution in [0, 0.1) is 13.8 Å². The smallest absolute Gasteiger partial charge is 0.244 e. The van der Waals surface area contributed by atoms with E-state index in [2.05, 4.69) is 12.0 Å². The summed E-state index contributed by atoms with van der Waals surface area (Å²) in [5.41, 5.74) is 2.74. The lowest BCUT2D eigenvalue weighted by Crippen LogP contribution is -2.27. The minimum Gasteiger partial charge on any atom is -0.269 e. The zero-order valence-corrected chi connectivity index (χ0v) is 16.5. The van der Waals surface area contributed by atoms with Crippen molar-refractivity contribution >= 4 is 33.2 Å². The molecule has 2 aromatic rings. The maximum atomic E-state index is 12.8. The second kappa shape index (κ2) is 7.44. The fraction of sp³-hybridized carbons (Fsp3) is 0.438. The van der Waals surface area contributed by atoms with Gasteiger partial charge in [0.1, 0.15) is 4.90 Å². The number of aryl methyl sites for hydroxylation is 2. The number of benzene rings is 1. The average molecular weight is 390 g/mol. The van der Waals surface area contributed by atoms with E-state index in [-0.39, 0.29) is 16.5 Å². The fourth-order valence-electron chi connectivity index (χ4n) is 2.55. The second-order valence-corrected chi connectivity index (χ2v) is 8.57. The third kappa shape index (κ3) is 3.77. The normalized spacial score (nSPS) is 12.1. The molecule has 24 heavy (non-hydrogen) atoms. The lowest BCUT2D eigenvalue weighted by molar-refractivity contribution is 0.464. The molecule has 0 fully saturated rings. The van der Waals surface area contributed by atoms with Crippen molar-refractivity contribution in [3.8, 4) is 0 Å². The van der Waals surface area contributed by atoms with E-state index in [0.29, 0.717) is 5.02 Å². The van der Waals surface area contributed by atoms with Crippen LogP contribution in [0.2, 0.25) is 10.0 Å². The summed E-state index contributed by atoms with van der Waals surface area (Å²) in [5.74, 6) is 0. The van der Waals surface area contributed by atoms with Gasteiger partial charge in [-0.15, -0.1) is 0 Å². The zero-order chi connectivity index (χ0) is 18.1. The van der Waals surface area contributed by atoms with Crippen LogP contribution in [0.4, 0.5) is 0 Å². The third-order valence-electron chi connectivity index (χ3n) is 3.93. The van der Waals surface area contributed by atoms with Gasteiger partial charge in [0.2, 0.25) is 10.0 Å². The van der Waals surface area contributed by atoms with Crippen LogP contribution in [0.25, 0.3) is 0 Å². The molecule has 1 aromatic heterocycles. The first-order valence-electron chi connectivity index (χ1n) is 7.62. The van der Waals surface area contributed by atoms with Crippen LogP contribution in [0.15, 0.2) is 23.1 Å². The molecule has 0 spiro atoms. The number of aromatic nitrogens is 2. The molecule has 1 heterocycles. The molecule has 0 saturated heterocycles. The van der Waals surface area contributed by atoms with Gasteiger partial charge in [0.25, 0.3) is 0 Å². The van der Waals surface area contributed by atoms with Crippen molar-refractivity contribution in [1.29, 1.82) is 0 Å². The summed E-state index contributed by atoms with van der Waals surface area (Å²) in [5, 5.41) is 5.00. The van der Waals surface area contributed by atoms with Crippen LogP contribution in [0.1, 0.15) is 30.3 Å². The Morgan fingerprint density at radius 2 is 1.92 bits per heavy atom. The predicted octanol–water partition coefficient (Wildman–Crippen LogP) is 4.04. The van der Waals surface area contributed by atoms with Crippen molar-refractivity contribution in [2.75, 3.05) is 7.05 Å². The molecular weight excluding hydrogens is 369 g/mol. The SMILES string of the molecule is CCCn1nc(C)c(CN(C)S(=O)(=O)c2ccc(Cl)cc2Cl)c1C. The standard InChI is InChI=1S/C16H21Cl2N3O2S/c1-5-8-21-12(3)14(11(2)19-21)10-20(4)24(22,23)16-7-6-13(17)9-15(16)18/h6-7,9H,5,8,10H2,1-4H3. The molecule has 132 valence electrons. The highest BCUT2D eigenvalue weighted by Gasteiger charge is 2.25. The second-order valence-electron chi connectivity index (χ2n) is 5.71. The van der Waals surface area contributed by atoms with E-state index in [0.717, 1.165) is 29.9 Å². The van der Waals surface area contributed by atoms with E-state index in [1.165, 1.54) is 29.6 Å². The Morgan fingerprint density at radius 1 is 1.25 bits per heavy atom. The van der Waals surface area contributed by atoms with Gasteiger partial charge in [-0.05, 0) is 38.5 Å². The maximum Gasteiger partial charge on any atom is 0.244 e. The van der Waals surface area contributed by atoms with Gasteiger partial charge in [-0.25, -0.2) is 8.42 Å². The molecule has 5 nitrogen and oxygen atoms in total. The van der Waals surface area contributed by atoms with E-state index >= 15 is 0 Å². The van der Waals surface area contributed by atoms with Gasteiger partial charge in [-0.2, -0.15) is 9.40 Å². The quantitative estimate of drug-likeness (QED) is 0.748. The summed E-state index contributed by atoms with van der Waals surface area (Å²) in [4.78, 5) is 0.0484. The molecule has 0 N–H and O–H groups in total. The molecule has 0 saturated carbocycles. The van der Waals surface area contributed by atoms with Gasteiger partial charge >= 0.3 is 0 Å². The largest absolute Gasteiger partial charge is 0.269 e. The highest BCUT2D eigenvalue weighted by atomic mass is 35.5. The molecule has 2 rings (SSSR count). The van der Waals surface area contributed by atoms with Gasteiger partial charge in [-0.1, -0.05) is 30.1 Å². The molecule has 0 radical (unpaired) electrons. The van der Waals surface area contributed by atoms with E-state index in [9.17, 15) is 8.42 Å². The van der Waals surface area contributed by atoms with E-state index in [4.69, 9.17) is 23.2 Å². The van der Waals surface area contributed by atoms with Crippen LogP contribution < -0.4 is 0 Å². The third-order valence-corrected chi connectivity index (χ3v) is 6.45. The summed E-state index contributed by atoms with van der Waals surface area (Å²) in [6.45, 7) is 6.98. The zero-order valence-electron chi connectivity index (χ0n) is 14.2. The minimum absolute atomic E-state index is 0.0484. The Labute approximate surface area is 153 Å². The van der Waals surface area contributed by atoms with Crippen molar-refractivity contribution in [2.24, 2.45) is 0 Å². The molecule has 0 aliphatic carbocycles. The first kappa shape index (κ1) is 19.2. The predicted molar refractivity (Wildman–Crippen MR) is 97.1 cm³/mol. The molecule has 0 bridgehead atoms. The molecule has 8 heteroatoms. The monoisotopic (exact) mass is 389 g/mol. The van der Waals surface area contributed by atoms with Gasteiger partial charge in [0.15, 0.2) is 0 Å². The van der Waals surface area contributed by atoms with E-state index in [1.807, 2.05) is 18.5 Å². The van der Waals surface area contributed by atoms with Gasteiger partial charge in [-0.3, -0.25) is 4.68 Å². The van der Waals surface area contributed by atoms with Crippen LogP contribution >= 0.6 is 23.2 Å². The van der Waals surface area contributed by atoms with Crippen LogP contribution in [-0.4, -0.2) is 29.6 Å². The number of halogens is 2. The molecular formula is C16H21Cl2N3O2S. The number of nitrogens with zero attached hydrogens (tertiary/aromatic N) is 3. The Bertz CT molecular complexity index is 847. The van der Waals surface area contributed by atoms with E-state index in [1.54, 1.807) is 0 Å². The van der Waals surface area contributed by atoms with Crippen LogP contribution in [0.3, 0.4) is 0 Å². The number of hydrogen-bond acceptors (Lipinski definition) is 3. The van der Waals surface area contributed by atoms with Gasteiger partial charge < -0.3 is 0 Å².